The number of amides is 1. The van der Waals surface area contributed by atoms with Gasteiger partial charge in [-0.05, 0) is 50.2 Å². The summed E-state index contributed by atoms with van der Waals surface area (Å²) in [7, 11) is 0. The second kappa shape index (κ2) is 6.80. The molecule has 1 saturated carbocycles. The van der Waals surface area contributed by atoms with Crippen molar-refractivity contribution in [2.45, 2.75) is 50.7 Å². The van der Waals surface area contributed by atoms with Crippen LogP contribution < -0.4 is 5.32 Å². The third-order valence-corrected chi connectivity index (χ3v) is 4.61. The van der Waals surface area contributed by atoms with Crippen LogP contribution in [0.4, 0.5) is 0 Å². The third-order valence-electron chi connectivity index (χ3n) is 4.61. The minimum absolute atomic E-state index is 0.0101. The monoisotopic (exact) mass is 303 g/mol. The molecule has 0 unspecified atom stereocenters. The summed E-state index contributed by atoms with van der Waals surface area (Å²) in [6, 6.07) is 8.38. The van der Waals surface area contributed by atoms with E-state index in [-0.39, 0.29) is 24.2 Å². The molecule has 0 spiro atoms. The Morgan fingerprint density at radius 1 is 1.41 bits per heavy atom. The van der Waals surface area contributed by atoms with E-state index in [1.165, 1.54) is 11.1 Å². The Labute approximate surface area is 132 Å². The van der Waals surface area contributed by atoms with Gasteiger partial charge < -0.3 is 14.8 Å². The van der Waals surface area contributed by atoms with Gasteiger partial charge in [0.2, 0.25) is 5.91 Å². The lowest BCUT2D eigenvalue weighted by Crippen LogP contribution is -2.41. The van der Waals surface area contributed by atoms with Crippen LogP contribution in [0.3, 0.4) is 0 Å². The zero-order valence-electron chi connectivity index (χ0n) is 13.3. The van der Waals surface area contributed by atoms with Crippen molar-refractivity contribution in [2.75, 3.05) is 19.8 Å². The number of aryl methyl sites for hydroxylation is 1. The van der Waals surface area contributed by atoms with Crippen molar-refractivity contribution in [2.24, 2.45) is 0 Å². The Morgan fingerprint density at radius 2 is 2.23 bits per heavy atom. The standard InChI is InChI=1S/C18H25NO3/c1-14-5-2-3-6-15(14)11-18(8-9-18)19-17(20)13-21-12-16-7-4-10-22-16/h2-3,5-6,16H,4,7-13H2,1H3,(H,19,20)/t16-/m0/s1. The molecule has 1 saturated heterocycles. The molecule has 1 aromatic carbocycles. The molecule has 0 radical (unpaired) electrons. The van der Waals surface area contributed by atoms with E-state index in [1.807, 2.05) is 0 Å². The SMILES string of the molecule is Cc1ccccc1CC1(NC(=O)COC[C@@H]2CCCO2)CC1. The van der Waals surface area contributed by atoms with E-state index in [2.05, 4.69) is 36.5 Å². The van der Waals surface area contributed by atoms with Crippen molar-refractivity contribution in [3.8, 4) is 0 Å². The molecule has 1 aliphatic carbocycles. The molecule has 1 atom stereocenters. The first-order chi connectivity index (χ1) is 10.7. The average molecular weight is 303 g/mol. The van der Waals surface area contributed by atoms with Gasteiger partial charge >= 0.3 is 0 Å². The van der Waals surface area contributed by atoms with Gasteiger partial charge in [-0.15, -0.1) is 0 Å². The number of hydrogen-bond donors (Lipinski definition) is 1. The van der Waals surface area contributed by atoms with Crippen LogP contribution in [0.2, 0.25) is 0 Å². The molecule has 1 heterocycles. The molecule has 120 valence electrons. The fraction of sp³-hybridized carbons (Fsp3) is 0.611. The van der Waals surface area contributed by atoms with Gasteiger partial charge in [0.15, 0.2) is 0 Å². The van der Waals surface area contributed by atoms with Gasteiger partial charge in [-0.25, -0.2) is 0 Å². The van der Waals surface area contributed by atoms with Crippen molar-refractivity contribution in [1.29, 1.82) is 0 Å². The second-order valence-electron chi connectivity index (χ2n) is 6.58. The van der Waals surface area contributed by atoms with E-state index in [0.717, 1.165) is 38.7 Å². The molecular formula is C18H25NO3. The number of benzene rings is 1. The number of rotatable bonds is 7. The summed E-state index contributed by atoms with van der Waals surface area (Å²) in [5.74, 6) is -0.0101. The van der Waals surface area contributed by atoms with Gasteiger partial charge in [-0.3, -0.25) is 4.79 Å². The van der Waals surface area contributed by atoms with Crippen molar-refractivity contribution in [3.63, 3.8) is 0 Å². The summed E-state index contributed by atoms with van der Waals surface area (Å²) in [4.78, 5) is 12.1. The first kappa shape index (κ1) is 15.5. The average Bonchev–Trinajstić information content (AvgIpc) is 3.03. The van der Waals surface area contributed by atoms with E-state index in [0.29, 0.717) is 6.61 Å². The summed E-state index contributed by atoms with van der Waals surface area (Å²) >= 11 is 0. The number of hydrogen-bond acceptors (Lipinski definition) is 3. The molecule has 1 aromatic rings. The first-order valence-corrected chi connectivity index (χ1v) is 8.22. The Kier molecular flexibility index (Phi) is 4.79. The summed E-state index contributed by atoms with van der Waals surface area (Å²) in [6.45, 7) is 3.60. The van der Waals surface area contributed by atoms with Crippen LogP contribution in [0.25, 0.3) is 0 Å². The lowest BCUT2D eigenvalue weighted by molar-refractivity contribution is -0.127. The van der Waals surface area contributed by atoms with Crippen molar-refractivity contribution < 1.29 is 14.3 Å². The molecule has 4 heteroatoms. The predicted octanol–water partition coefficient (Wildman–Crippen LogP) is 2.38. The Morgan fingerprint density at radius 3 is 2.91 bits per heavy atom. The highest BCUT2D eigenvalue weighted by atomic mass is 16.5. The molecule has 0 bridgehead atoms. The number of nitrogens with one attached hydrogen (secondary N) is 1. The number of carbonyl (C=O) groups is 1. The molecule has 1 amide bonds. The molecule has 2 fully saturated rings. The fourth-order valence-corrected chi connectivity index (χ4v) is 3.06. The molecule has 0 aromatic heterocycles. The highest BCUT2D eigenvalue weighted by Gasteiger charge is 2.44. The van der Waals surface area contributed by atoms with E-state index in [1.54, 1.807) is 0 Å². The van der Waals surface area contributed by atoms with Gasteiger partial charge in [0.05, 0.1) is 12.7 Å². The normalized spacial score (nSPS) is 22.5. The minimum Gasteiger partial charge on any atom is -0.376 e. The van der Waals surface area contributed by atoms with Gasteiger partial charge in [-0.1, -0.05) is 24.3 Å². The van der Waals surface area contributed by atoms with Crippen molar-refractivity contribution >= 4 is 5.91 Å². The summed E-state index contributed by atoms with van der Waals surface area (Å²) in [5.41, 5.74) is 2.56. The zero-order valence-corrected chi connectivity index (χ0v) is 13.3. The molecule has 3 rings (SSSR count). The van der Waals surface area contributed by atoms with E-state index >= 15 is 0 Å². The lowest BCUT2D eigenvalue weighted by atomic mass is 9.99. The summed E-state index contributed by atoms with van der Waals surface area (Å²) in [6.07, 6.45) is 5.34. The van der Waals surface area contributed by atoms with E-state index < -0.39 is 0 Å². The maximum absolute atomic E-state index is 12.1. The van der Waals surface area contributed by atoms with Crippen LogP contribution in [0.1, 0.15) is 36.8 Å². The second-order valence-corrected chi connectivity index (χ2v) is 6.58. The van der Waals surface area contributed by atoms with Crippen LogP contribution in [0, 0.1) is 6.92 Å². The van der Waals surface area contributed by atoms with E-state index in [9.17, 15) is 4.79 Å². The van der Waals surface area contributed by atoms with Crippen LogP contribution in [0.15, 0.2) is 24.3 Å². The predicted molar refractivity (Wildman–Crippen MR) is 84.8 cm³/mol. The quantitative estimate of drug-likeness (QED) is 0.841. The van der Waals surface area contributed by atoms with Crippen LogP contribution in [-0.4, -0.2) is 37.4 Å². The highest BCUT2D eigenvalue weighted by molar-refractivity contribution is 5.78. The van der Waals surface area contributed by atoms with Gasteiger partial charge in [0.1, 0.15) is 6.61 Å². The number of ether oxygens (including phenoxy) is 2. The van der Waals surface area contributed by atoms with Gasteiger partial charge in [0.25, 0.3) is 0 Å². The minimum atomic E-state index is -0.0452. The Balaban J connectivity index is 1.43. The third kappa shape index (κ3) is 4.08. The van der Waals surface area contributed by atoms with Crippen LogP contribution in [0.5, 0.6) is 0 Å². The van der Waals surface area contributed by atoms with Crippen molar-refractivity contribution in [1.82, 2.24) is 5.32 Å². The maximum Gasteiger partial charge on any atom is 0.246 e. The first-order valence-electron chi connectivity index (χ1n) is 8.22. The largest absolute Gasteiger partial charge is 0.376 e. The molecule has 1 N–H and O–H groups in total. The molecule has 2 aliphatic rings. The lowest BCUT2D eigenvalue weighted by Gasteiger charge is -2.19. The molecule has 22 heavy (non-hydrogen) atoms. The van der Waals surface area contributed by atoms with Crippen molar-refractivity contribution in [3.05, 3.63) is 35.4 Å². The zero-order chi connectivity index (χ0) is 15.4. The van der Waals surface area contributed by atoms with Crippen LogP contribution >= 0.6 is 0 Å². The molecule has 4 nitrogen and oxygen atoms in total. The smallest absolute Gasteiger partial charge is 0.246 e. The fourth-order valence-electron chi connectivity index (χ4n) is 3.06. The van der Waals surface area contributed by atoms with Gasteiger partial charge in [-0.2, -0.15) is 0 Å². The topological polar surface area (TPSA) is 47.6 Å². The molecule has 1 aliphatic heterocycles. The Hall–Kier alpha value is -1.39. The maximum atomic E-state index is 12.1. The summed E-state index contributed by atoms with van der Waals surface area (Å²) in [5, 5.41) is 3.16. The Bertz CT molecular complexity index is 519. The van der Waals surface area contributed by atoms with Crippen LogP contribution in [-0.2, 0) is 20.7 Å². The summed E-state index contributed by atoms with van der Waals surface area (Å²) < 4.78 is 11.0. The van der Waals surface area contributed by atoms with E-state index in [4.69, 9.17) is 9.47 Å². The molecular weight excluding hydrogens is 278 g/mol. The highest BCUT2D eigenvalue weighted by Crippen LogP contribution is 2.39. The van der Waals surface area contributed by atoms with Gasteiger partial charge in [0, 0.05) is 12.1 Å². The number of carbonyl (C=O) groups excluding carboxylic acids is 1.